The van der Waals surface area contributed by atoms with Crippen LogP contribution in [0.1, 0.15) is 19.4 Å². The maximum atomic E-state index is 13.3. The minimum Gasteiger partial charge on any atom is -0.479 e. The third kappa shape index (κ3) is 3.38. The topological polar surface area (TPSA) is 46.5 Å². The number of carboxylic acid groups (broad SMARTS) is 1. The van der Waals surface area contributed by atoms with Crippen LogP contribution in [0.15, 0.2) is 16.6 Å². The molecule has 0 fully saturated rings. The summed E-state index contributed by atoms with van der Waals surface area (Å²) in [5, 5.41) is 8.65. The van der Waals surface area contributed by atoms with Gasteiger partial charge in [-0.1, -0.05) is 0 Å². The van der Waals surface area contributed by atoms with Crippen molar-refractivity contribution in [3.63, 3.8) is 0 Å². The molecule has 0 aliphatic heterocycles. The van der Waals surface area contributed by atoms with Crippen molar-refractivity contribution in [3.05, 3.63) is 28.0 Å². The highest BCUT2D eigenvalue weighted by molar-refractivity contribution is 9.10. The van der Waals surface area contributed by atoms with Crippen LogP contribution in [-0.2, 0) is 10.7 Å². The summed E-state index contributed by atoms with van der Waals surface area (Å²) in [4.78, 5) is 10.6. The second kappa shape index (κ2) is 5.17. The van der Waals surface area contributed by atoms with Gasteiger partial charge in [-0.25, -0.2) is 18.0 Å². The molecule has 7 heteroatoms. The SMILES string of the molecule is CC(Oc1cc(F)c(Br)cc1C(C)(F)F)C(=O)O. The van der Waals surface area contributed by atoms with Crippen LogP contribution < -0.4 is 4.74 Å². The fraction of sp³-hybridized carbons (Fsp3) is 0.364. The average Bonchev–Trinajstić information content (AvgIpc) is 2.21. The summed E-state index contributed by atoms with van der Waals surface area (Å²) in [6, 6.07) is 1.61. The van der Waals surface area contributed by atoms with Gasteiger partial charge in [0.1, 0.15) is 11.6 Å². The number of hydrogen-bond donors (Lipinski definition) is 1. The van der Waals surface area contributed by atoms with E-state index in [0.29, 0.717) is 6.92 Å². The van der Waals surface area contributed by atoms with Gasteiger partial charge in [-0.15, -0.1) is 0 Å². The predicted octanol–water partition coefficient (Wildman–Crippen LogP) is 3.55. The number of rotatable bonds is 4. The highest BCUT2D eigenvalue weighted by Crippen LogP contribution is 2.38. The molecular weight excluding hydrogens is 317 g/mol. The van der Waals surface area contributed by atoms with Crippen molar-refractivity contribution in [1.82, 2.24) is 0 Å². The van der Waals surface area contributed by atoms with Crippen LogP contribution >= 0.6 is 15.9 Å². The van der Waals surface area contributed by atoms with E-state index >= 15 is 0 Å². The van der Waals surface area contributed by atoms with Gasteiger partial charge in [0.2, 0.25) is 0 Å². The predicted molar refractivity (Wildman–Crippen MR) is 61.4 cm³/mol. The minimum atomic E-state index is -3.27. The van der Waals surface area contributed by atoms with E-state index in [1.807, 2.05) is 0 Å². The second-order valence-corrected chi connectivity index (χ2v) is 4.60. The lowest BCUT2D eigenvalue weighted by Crippen LogP contribution is -2.24. The van der Waals surface area contributed by atoms with Gasteiger partial charge < -0.3 is 9.84 Å². The van der Waals surface area contributed by atoms with Crippen LogP contribution in [0.2, 0.25) is 0 Å². The van der Waals surface area contributed by atoms with E-state index in [-0.39, 0.29) is 4.47 Å². The molecule has 0 aromatic heterocycles. The lowest BCUT2D eigenvalue weighted by Gasteiger charge is -2.19. The van der Waals surface area contributed by atoms with Crippen LogP contribution in [0.5, 0.6) is 5.75 Å². The summed E-state index contributed by atoms with van der Waals surface area (Å²) >= 11 is 2.79. The summed E-state index contributed by atoms with van der Waals surface area (Å²) in [6.45, 7) is 1.78. The Labute approximate surface area is 110 Å². The Kier molecular flexibility index (Phi) is 4.26. The summed E-state index contributed by atoms with van der Waals surface area (Å²) in [6.07, 6.45) is -1.35. The van der Waals surface area contributed by atoms with Crippen molar-refractivity contribution in [3.8, 4) is 5.75 Å². The van der Waals surface area contributed by atoms with Gasteiger partial charge in [-0.3, -0.25) is 0 Å². The molecule has 3 nitrogen and oxygen atoms in total. The molecule has 0 bridgehead atoms. The van der Waals surface area contributed by atoms with E-state index in [0.717, 1.165) is 12.1 Å². The van der Waals surface area contributed by atoms with Crippen LogP contribution in [0, 0.1) is 5.82 Å². The Morgan fingerprint density at radius 1 is 1.50 bits per heavy atom. The van der Waals surface area contributed by atoms with Crippen LogP contribution in [0.3, 0.4) is 0 Å². The molecule has 0 radical (unpaired) electrons. The van der Waals surface area contributed by atoms with Gasteiger partial charge in [-0.2, -0.15) is 0 Å². The van der Waals surface area contributed by atoms with Crippen molar-refractivity contribution in [2.75, 3.05) is 0 Å². The molecule has 18 heavy (non-hydrogen) atoms. The molecule has 1 rings (SSSR count). The third-order valence-electron chi connectivity index (χ3n) is 2.15. The first kappa shape index (κ1) is 14.8. The summed E-state index contributed by atoms with van der Waals surface area (Å²) in [5.74, 6) is -5.90. The largest absolute Gasteiger partial charge is 0.479 e. The molecule has 1 atom stereocenters. The van der Waals surface area contributed by atoms with E-state index in [2.05, 4.69) is 15.9 Å². The van der Waals surface area contributed by atoms with Crippen molar-refractivity contribution in [1.29, 1.82) is 0 Å². The van der Waals surface area contributed by atoms with Crippen molar-refractivity contribution < 1.29 is 27.8 Å². The summed E-state index contributed by atoms with van der Waals surface area (Å²) in [7, 11) is 0. The monoisotopic (exact) mass is 326 g/mol. The minimum absolute atomic E-state index is 0.144. The van der Waals surface area contributed by atoms with E-state index in [4.69, 9.17) is 9.84 Å². The quantitative estimate of drug-likeness (QED) is 0.920. The Morgan fingerprint density at radius 3 is 2.50 bits per heavy atom. The zero-order valence-corrected chi connectivity index (χ0v) is 11.1. The molecular formula is C11H10BrF3O3. The first-order valence-corrected chi connectivity index (χ1v) is 5.69. The van der Waals surface area contributed by atoms with E-state index in [9.17, 15) is 18.0 Å². The highest BCUT2D eigenvalue weighted by Gasteiger charge is 2.31. The van der Waals surface area contributed by atoms with Crippen molar-refractivity contribution in [2.24, 2.45) is 0 Å². The average molecular weight is 327 g/mol. The fourth-order valence-electron chi connectivity index (χ4n) is 1.21. The van der Waals surface area contributed by atoms with Gasteiger partial charge >= 0.3 is 5.97 Å². The highest BCUT2D eigenvalue weighted by atomic mass is 79.9. The number of aliphatic carboxylic acids is 1. The molecule has 100 valence electrons. The van der Waals surface area contributed by atoms with E-state index < -0.39 is 35.1 Å². The second-order valence-electron chi connectivity index (χ2n) is 3.75. The number of hydrogen-bond acceptors (Lipinski definition) is 2. The van der Waals surface area contributed by atoms with Crippen molar-refractivity contribution in [2.45, 2.75) is 25.9 Å². The first-order valence-electron chi connectivity index (χ1n) is 4.89. The number of carbonyl (C=O) groups is 1. The molecule has 1 aromatic carbocycles. The number of benzene rings is 1. The molecule has 0 spiro atoms. The maximum absolute atomic E-state index is 13.3. The number of alkyl halides is 2. The molecule has 1 aromatic rings. The van der Waals surface area contributed by atoms with E-state index in [1.54, 1.807) is 0 Å². The zero-order chi connectivity index (χ0) is 14.1. The fourth-order valence-corrected chi connectivity index (χ4v) is 1.55. The Balaban J connectivity index is 3.24. The smallest absolute Gasteiger partial charge is 0.344 e. The van der Waals surface area contributed by atoms with Crippen molar-refractivity contribution >= 4 is 21.9 Å². The normalized spacial score (nSPS) is 13.2. The van der Waals surface area contributed by atoms with Crippen LogP contribution in [0.25, 0.3) is 0 Å². The Hall–Kier alpha value is -1.24. The number of halogens is 4. The molecule has 0 heterocycles. The molecule has 0 saturated carbocycles. The van der Waals surface area contributed by atoms with Crippen LogP contribution in [0.4, 0.5) is 13.2 Å². The first-order chi connectivity index (χ1) is 8.12. The Morgan fingerprint density at radius 2 is 2.06 bits per heavy atom. The molecule has 1 unspecified atom stereocenters. The lowest BCUT2D eigenvalue weighted by molar-refractivity contribution is -0.144. The van der Waals surface area contributed by atoms with Gasteiger partial charge in [0.25, 0.3) is 5.92 Å². The van der Waals surface area contributed by atoms with E-state index in [1.165, 1.54) is 6.92 Å². The van der Waals surface area contributed by atoms with Gasteiger partial charge in [0.05, 0.1) is 10.0 Å². The maximum Gasteiger partial charge on any atom is 0.344 e. The molecule has 0 saturated heterocycles. The molecule has 1 N–H and O–H groups in total. The summed E-state index contributed by atoms with van der Waals surface area (Å²) in [5.41, 5.74) is -0.580. The molecule has 0 amide bonds. The van der Waals surface area contributed by atoms with Crippen LogP contribution in [-0.4, -0.2) is 17.2 Å². The third-order valence-corrected chi connectivity index (χ3v) is 2.75. The molecule has 0 aliphatic rings. The molecule has 0 aliphatic carbocycles. The zero-order valence-electron chi connectivity index (χ0n) is 9.51. The Bertz CT molecular complexity index is 471. The number of carboxylic acids is 1. The number of ether oxygens (including phenoxy) is 1. The van der Waals surface area contributed by atoms with Gasteiger partial charge in [-0.05, 0) is 28.9 Å². The standard InChI is InChI=1S/C11H10BrF3O3/c1-5(10(16)17)18-9-4-8(13)7(12)3-6(9)11(2,14)15/h3-5H,1-2H3,(H,16,17). The van der Waals surface area contributed by atoms with Gasteiger partial charge in [0, 0.05) is 13.0 Å². The summed E-state index contributed by atoms with van der Waals surface area (Å²) < 4.78 is 44.6. The lowest BCUT2D eigenvalue weighted by atomic mass is 10.1. The van der Waals surface area contributed by atoms with Gasteiger partial charge in [0.15, 0.2) is 6.10 Å².